The molecule has 0 spiro atoms. The number of nitrogens with zero attached hydrogens (tertiary/aromatic N) is 5. The molecule has 2 aliphatic heterocycles. The molecule has 2 saturated heterocycles. The SMILES string of the molecule is CC(C)COc1cc(=O)[nH]c(N(CCCOc2cc(=O)[nH]c(Nc3cc(O)c(N4CC(=O)NS4(=O)=O)c(F)c3)n2)c2cc(O)c(N3CC(=O)NS3(=O)=O)c(F)c2)n1. The number of rotatable bonds is 14. The van der Waals surface area contributed by atoms with Gasteiger partial charge < -0.3 is 29.9 Å². The van der Waals surface area contributed by atoms with Crippen LogP contribution in [0.3, 0.4) is 0 Å². The van der Waals surface area contributed by atoms with Crippen molar-refractivity contribution in [2.75, 3.05) is 51.7 Å². The van der Waals surface area contributed by atoms with Crippen molar-refractivity contribution >= 4 is 66.9 Å². The highest BCUT2D eigenvalue weighted by Crippen LogP contribution is 2.39. The third-order valence-corrected chi connectivity index (χ3v) is 10.6. The molecule has 0 bridgehead atoms. The van der Waals surface area contributed by atoms with E-state index in [9.17, 15) is 46.2 Å². The molecule has 2 aliphatic rings. The number of carbonyl (C=O) groups excluding carboxylic acids is 2. The Labute approximate surface area is 320 Å². The lowest BCUT2D eigenvalue weighted by Crippen LogP contribution is -2.30. The Hall–Kier alpha value is -6.70. The number of amides is 2. The number of aromatic amines is 2. The standard InChI is InChI=1S/C31H32F2N10O12S2/c1-15(2)14-55-27-11-23(47)36-31(38-27)41(17-8-19(33)29(21(45)9-17)43-13-25(49)40-57(43,52)53)4-3-5-54-26-10-22(46)35-30(37-26)34-16-6-18(32)28(20(44)7-16)42-12-24(48)39-56(42,50)51/h6-11,15,44-45H,3-5,12-14H2,1-2H3,(H,39,48)(H,40,49)(H,36,38,47)(H2,34,35,37,46). The van der Waals surface area contributed by atoms with Crippen LogP contribution < -0.4 is 48.9 Å². The Morgan fingerprint density at radius 3 is 1.91 bits per heavy atom. The number of ether oxygens (including phenoxy) is 2. The molecule has 2 aromatic carbocycles. The summed E-state index contributed by atoms with van der Waals surface area (Å²) >= 11 is 0. The van der Waals surface area contributed by atoms with Crippen LogP contribution in [0.25, 0.3) is 0 Å². The van der Waals surface area contributed by atoms with Crippen LogP contribution in [0.2, 0.25) is 0 Å². The number of carbonyl (C=O) groups is 2. The van der Waals surface area contributed by atoms with Gasteiger partial charge in [-0.15, -0.1) is 0 Å². The molecule has 0 saturated carbocycles. The van der Waals surface area contributed by atoms with Gasteiger partial charge in [-0.25, -0.2) is 26.8 Å². The number of aromatic nitrogens is 4. The van der Waals surface area contributed by atoms with E-state index in [-0.39, 0.29) is 67.1 Å². The van der Waals surface area contributed by atoms with Gasteiger partial charge in [0.1, 0.15) is 36.0 Å². The molecule has 6 rings (SSSR count). The minimum atomic E-state index is -4.50. The molecule has 0 atom stereocenters. The fraction of sp³-hybridized carbons (Fsp3) is 0.290. The maximum absolute atomic E-state index is 15.6. The van der Waals surface area contributed by atoms with Gasteiger partial charge in [0.05, 0.1) is 31.0 Å². The lowest BCUT2D eigenvalue weighted by atomic mass is 10.2. The molecule has 2 amide bonds. The summed E-state index contributed by atoms with van der Waals surface area (Å²) in [5.41, 5.74) is -3.29. The minimum absolute atomic E-state index is 0.0262. The predicted octanol–water partition coefficient (Wildman–Crippen LogP) is 0.290. The van der Waals surface area contributed by atoms with E-state index in [4.69, 9.17) is 9.47 Å². The highest BCUT2D eigenvalue weighted by molar-refractivity contribution is 7.92. The summed E-state index contributed by atoms with van der Waals surface area (Å²) in [4.78, 5) is 62.9. The number of halogens is 2. The van der Waals surface area contributed by atoms with E-state index in [0.717, 1.165) is 36.4 Å². The summed E-state index contributed by atoms with van der Waals surface area (Å²) in [6, 6.07) is 5.60. The monoisotopic (exact) mass is 838 g/mol. The zero-order valence-corrected chi connectivity index (χ0v) is 31.2. The van der Waals surface area contributed by atoms with Gasteiger partial charge in [0.15, 0.2) is 11.6 Å². The smallest absolute Gasteiger partial charge is 0.326 e. The molecule has 0 aliphatic carbocycles. The van der Waals surface area contributed by atoms with E-state index in [1.54, 1.807) is 9.44 Å². The van der Waals surface area contributed by atoms with Crippen molar-refractivity contribution in [1.29, 1.82) is 0 Å². The maximum atomic E-state index is 15.6. The molecule has 2 fully saturated rings. The quantitative estimate of drug-likeness (QED) is 0.0840. The molecular weight excluding hydrogens is 807 g/mol. The highest BCUT2D eigenvalue weighted by Gasteiger charge is 2.39. The Morgan fingerprint density at radius 2 is 1.37 bits per heavy atom. The number of aromatic hydroxyl groups is 2. The molecule has 0 unspecified atom stereocenters. The summed E-state index contributed by atoms with van der Waals surface area (Å²) in [6.45, 7) is 2.02. The Bertz CT molecular complexity index is 2560. The van der Waals surface area contributed by atoms with Crippen molar-refractivity contribution in [2.24, 2.45) is 5.92 Å². The molecule has 0 radical (unpaired) electrons. The zero-order chi connectivity index (χ0) is 41.4. The topological polar surface area (TPSA) is 299 Å². The van der Waals surface area contributed by atoms with Gasteiger partial charge in [0.2, 0.25) is 23.7 Å². The second-order valence-electron chi connectivity index (χ2n) is 12.7. The molecule has 2 aromatic heterocycles. The molecule has 57 heavy (non-hydrogen) atoms. The van der Waals surface area contributed by atoms with Crippen LogP contribution in [0.4, 0.5) is 43.4 Å². The summed E-state index contributed by atoms with van der Waals surface area (Å²) in [6.07, 6.45) is 0.0262. The van der Waals surface area contributed by atoms with Gasteiger partial charge in [0, 0.05) is 30.4 Å². The van der Waals surface area contributed by atoms with Gasteiger partial charge in [-0.1, -0.05) is 13.8 Å². The van der Waals surface area contributed by atoms with Gasteiger partial charge in [-0.05, 0) is 18.4 Å². The van der Waals surface area contributed by atoms with Crippen LogP contribution in [-0.2, 0) is 30.0 Å². The number of phenolic OH excluding ortho intramolecular Hbond substituents is 2. The second kappa shape index (κ2) is 15.4. The first-order valence-electron chi connectivity index (χ1n) is 16.5. The van der Waals surface area contributed by atoms with Crippen molar-refractivity contribution < 1.29 is 54.9 Å². The fourth-order valence-corrected chi connectivity index (χ4v) is 7.85. The average molecular weight is 839 g/mol. The van der Waals surface area contributed by atoms with Gasteiger partial charge in [-0.3, -0.25) is 29.1 Å². The Kier molecular flexibility index (Phi) is 10.8. The number of anilines is 6. The molecule has 304 valence electrons. The van der Waals surface area contributed by atoms with Gasteiger partial charge in [-0.2, -0.15) is 26.8 Å². The van der Waals surface area contributed by atoms with Gasteiger partial charge in [0.25, 0.3) is 22.9 Å². The highest BCUT2D eigenvalue weighted by atomic mass is 32.2. The van der Waals surface area contributed by atoms with Crippen molar-refractivity contribution in [2.45, 2.75) is 20.3 Å². The van der Waals surface area contributed by atoms with E-state index in [2.05, 4.69) is 25.3 Å². The largest absolute Gasteiger partial charge is 0.506 e. The van der Waals surface area contributed by atoms with Crippen LogP contribution in [-0.4, -0.2) is 91.6 Å². The van der Waals surface area contributed by atoms with Crippen LogP contribution >= 0.6 is 0 Å². The zero-order valence-electron chi connectivity index (χ0n) is 29.6. The average Bonchev–Trinajstić information content (AvgIpc) is 3.52. The van der Waals surface area contributed by atoms with Crippen LogP contribution in [0.1, 0.15) is 20.3 Å². The lowest BCUT2D eigenvalue weighted by molar-refractivity contribution is -0.118. The maximum Gasteiger partial charge on any atom is 0.326 e. The molecule has 4 heterocycles. The normalized spacial score (nSPS) is 15.7. The van der Waals surface area contributed by atoms with Crippen LogP contribution in [0.15, 0.2) is 46.0 Å². The number of H-pyrrole nitrogens is 2. The third-order valence-electron chi connectivity index (χ3n) is 7.80. The summed E-state index contributed by atoms with van der Waals surface area (Å²) in [5, 5.41) is 23.8. The Balaban J connectivity index is 1.21. The number of hydrogen-bond donors (Lipinski definition) is 7. The minimum Gasteiger partial charge on any atom is -0.506 e. The second-order valence-corrected chi connectivity index (χ2v) is 15.9. The van der Waals surface area contributed by atoms with Crippen LogP contribution in [0.5, 0.6) is 23.3 Å². The molecule has 26 heteroatoms. The first kappa shape index (κ1) is 40.0. The number of benzene rings is 2. The number of phenols is 2. The lowest BCUT2D eigenvalue weighted by Gasteiger charge is -2.25. The van der Waals surface area contributed by atoms with E-state index in [1.165, 1.54) is 4.90 Å². The molecular formula is C31H32F2N10O12S2. The first-order chi connectivity index (χ1) is 26.8. The fourth-order valence-electron chi connectivity index (χ4n) is 5.51. The summed E-state index contributed by atoms with van der Waals surface area (Å²) in [5.74, 6) is -6.84. The van der Waals surface area contributed by atoms with Crippen LogP contribution in [0, 0.1) is 17.6 Å². The van der Waals surface area contributed by atoms with Gasteiger partial charge >= 0.3 is 20.4 Å². The van der Waals surface area contributed by atoms with Crippen molar-refractivity contribution in [3.05, 3.63) is 68.7 Å². The van der Waals surface area contributed by atoms with E-state index >= 15 is 8.78 Å². The molecule has 7 N–H and O–H groups in total. The number of hydrogen-bond acceptors (Lipinski definition) is 16. The molecule has 4 aromatic rings. The predicted molar refractivity (Wildman–Crippen MR) is 195 cm³/mol. The van der Waals surface area contributed by atoms with E-state index < -0.39 is 90.9 Å². The van der Waals surface area contributed by atoms with E-state index in [0.29, 0.717) is 8.61 Å². The van der Waals surface area contributed by atoms with Crippen molar-refractivity contribution in [3.63, 3.8) is 0 Å². The summed E-state index contributed by atoms with van der Waals surface area (Å²) in [7, 11) is -8.94. The third kappa shape index (κ3) is 8.90. The molecule has 22 nitrogen and oxygen atoms in total. The van der Waals surface area contributed by atoms with E-state index in [1.807, 2.05) is 13.8 Å². The Morgan fingerprint density at radius 1 is 0.807 bits per heavy atom. The summed E-state index contributed by atoms with van der Waals surface area (Å²) < 4.78 is 95.0. The first-order valence-corrected chi connectivity index (χ1v) is 19.4. The van der Waals surface area contributed by atoms with Crippen molar-refractivity contribution in [1.82, 2.24) is 29.4 Å². The number of nitrogens with one attached hydrogen (secondary N) is 5. The van der Waals surface area contributed by atoms with Crippen molar-refractivity contribution in [3.8, 4) is 23.3 Å².